The first kappa shape index (κ1) is 86.9. The number of likely N-dealkylation sites (tertiary alicyclic amines) is 1. The van der Waals surface area contributed by atoms with Crippen LogP contribution >= 0.6 is 0 Å². The SMILES string of the molecule is NCCCC[C@H](NC(=O)[C@H](CCC(N)=O)NC(=O)[C@@H]1CCCN1C(=O)[C@H](CCCN=C(N)N)NC(=O)[C@H](CCCN=C(N)N)NC(=O)[C@H](CCCN=C(N)N)NC(=O)[C@H](CCC(N)=O)NC(=O)[C@H](CCCN=C(N)N)NC(=O)[C@H](CCCN=C(N)N)NC(=O)[C@@H](N)CCCCN)C(=O)O. The second-order valence-electron chi connectivity index (χ2n) is 23.4. The Balaban J connectivity index is 3.90. The first-order chi connectivity index (χ1) is 46.8. The predicted octanol–water partition coefficient (Wildman–Crippen LogP) is -10.7. The van der Waals surface area contributed by atoms with Crippen LogP contribution in [0.4, 0.5) is 0 Å². The van der Waals surface area contributed by atoms with Gasteiger partial charge >= 0.3 is 5.97 Å². The predicted molar refractivity (Wildman–Crippen MR) is 368 cm³/mol. The molecule has 0 spiro atoms. The molecule has 11 amide bonds. The Morgan fingerprint density at radius 2 is 0.646 bits per heavy atom. The van der Waals surface area contributed by atoms with Crippen molar-refractivity contribution in [1.82, 2.24) is 47.4 Å². The molecule has 0 bridgehead atoms. The Labute approximate surface area is 574 Å². The zero-order chi connectivity index (χ0) is 74.6. The van der Waals surface area contributed by atoms with E-state index < -0.39 is 151 Å². The molecule has 1 fully saturated rings. The Morgan fingerprint density at radius 3 is 0.970 bits per heavy atom. The zero-order valence-electron chi connectivity index (χ0n) is 56.2. The van der Waals surface area contributed by atoms with Crippen LogP contribution < -0.4 is 129 Å². The molecule has 1 aliphatic rings. The Hall–Kier alpha value is -10.1. The van der Waals surface area contributed by atoms with Crippen LogP contribution in [0.3, 0.4) is 0 Å². The highest BCUT2D eigenvalue weighted by Gasteiger charge is 2.41. The number of nitrogens with two attached hydrogens (primary N) is 15. The second kappa shape index (κ2) is 48.5. The number of carbonyl (C=O) groups is 12. The van der Waals surface area contributed by atoms with E-state index in [0.29, 0.717) is 32.2 Å². The first-order valence-electron chi connectivity index (χ1n) is 32.8. The van der Waals surface area contributed by atoms with Gasteiger partial charge in [0.2, 0.25) is 65.0 Å². The molecular weight excluding hydrogens is 1300 g/mol. The maximum Gasteiger partial charge on any atom is 0.326 e. The lowest BCUT2D eigenvalue weighted by molar-refractivity contribution is -0.144. The van der Waals surface area contributed by atoms with Gasteiger partial charge in [-0.25, -0.2) is 4.79 Å². The Morgan fingerprint density at radius 1 is 0.364 bits per heavy atom. The number of primary amides is 2. The average Bonchev–Trinajstić information content (AvgIpc) is 1.75. The number of guanidine groups is 5. The lowest BCUT2D eigenvalue weighted by atomic mass is 10.0. The van der Waals surface area contributed by atoms with Crippen molar-refractivity contribution in [2.75, 3.05) is 52.4 Å². The van der Waals surface area contributed by atoms with Gasteiger partial charge in [0, 0.05) is 52.1 Å². The maximum atomic E-state index is 14.8. The minimum atomic E-state index is -1.68. The summed E-state index contributed by atoms with van der Waals surface area (Å²) < 4.78 is 0. The third-order valence-corrected chi connectivity index (χ3v) is 15.2. The molecule has 99 heavy (non-hydrogen) atoms. The molecule has 39 N–H and O–H groups in total. The van der Waals surface area contributed by atoms with E-state index in [1.807, 2.05) is 0 Å². The van der Waals surface area contributed by atoms with Gasteiger partial charge in [-0.1, -0.05) is 6.42 Å². The third kappa shape index (κ3) is 37.8. The number of unbranched alkanes of at least 4 members (excludes halogenated alkanes) is 2. The highest BCUT2D eigenvalue weighted by atomic mass is 16.4. The molecule has 0 radical (unpaired) electrons. The number of carbonyl (C=O) groups excluding carboxylic acids is 11. The molecule has 42 nitrogen and oxygen atoms in total. The van der Waals surface area contributed by atoms with Crippen LogP contribution in [0.15, 0.2) is 25.0 Å². The van der Waals surface area contributed by atoms with Crippen LogP contribution in [0, 0.1) is 0 Å². The van der Waals surface area contributed by atoms with E-state index in [1.165, 1.54) is 4.90 Å². The van der Waals surface area contributed by atoms with Crippen LogP contribution in [0.1, 0.15) is 141 Å². The molecule has 0 aromatic rings. The van der Waals surface area contributed by atoms with Crippen molar-refractivity contribution in [2.24, 2.45) is 111 Å². The monoisotopic (exact) mass is 1410 g/mol. The highest BCUT2D eigenvalue weighted by molar-refractivity contribution is 5.99. The van der Waals surface area contributed by atoms with Gasteiger partial charge < -0.3 is 139 Å². The summed E-state index contributed by atoms with van der Waals surface area (Å²) in [5.74, 6) is -12.7. The number of aliphatic carboxylic acids is 1. The summed E-state index contributed by atoms with van der Waals surface area (Å²) in [5.41, 5.74) is 83.8. The van der Waals surface area contributed by atoms with Gasteiger partial charge in [-0.15, -0.1) is 0 Å². The number of carboxylic acids is 1. The smallest absolute Gasteiger partial charge is 0.326 e. The Kier molecular flexibility index (Phi) is 42.6. The van der Waals surface area contributed by atoms with E-state index in [2.05, 4.69) is 67.5 Å². The normalized spacial score (nSPS) is 15.1. The molecular formula is C57H109N29O13. The molecule has 1 rings (SSSR count). The summed E-state index contributed by atoms with van der Waals surface area (Å²) in [5, 5.41) is 30.4. The number of carboxylic acid groups (broad SMARTS) is 1. The number of nitrogens with one attached hydrogen (secondary N) is 8. The van der Waals surface area contributed by atoms with E-state index in [-0.39, 0.29) is 172 Å². The fourth-order valence-corrected chi connectivity index (χ4v) is 10.0. The first-order valence-corrected chi connectivity index (χ1v) is 32.8. The number of aliphatic imine (C=N–C) groups is 5. The van der Waals surface area contributed by atoms with E-state index in [0.717, 1.165) is 0 Å². The number of rotatable bonds is 52. The van der Waals surface area contributed by atoms with E-state index in [1.54, 1.807) is 0 Å². The van der Waals surface area contributed by atoms with Gasteiger partial charge in [0.15, 0.2) is 29.8 Å². The minimum absolute atomic E-state index is 0.0000870. The van der Waals surface area contributed by atoms with Gasteiger partial charge in [-0.05, 0) is 135 Å². The number of amides is 11. The molecule has 0 aromatic heterocycles. The topological polar surface area (TPSA) is 777 Å². The third-order valence-electron chi connectivity index (χ3n) is 15.2. The van der Waals surface area contributed by atoms with E-state index in [9.17, 15) is 62.6 Å². The van der Waals surface area contributed by atoms with Crippen molar-refractivity contribution in [3.8, 4) is 0 Å². The summed E-state index contributed by atoms with van der Waals surface area (Å²) in [6, 6.07) is -14.3. The molecule has 42 heteroatoms. The van der Waals surface area contributed by atoms with Crippen LogP contribution in [-0.2, 0) is 57.5 Å². The van der Waals surface area contributed by atoms with Gasteiger partial charge in [-0.2, -0.15) is 0 Å². The van der Waals surface area contributed by atoms with Crippen molar-refractivity contribution in [3.05, 3.63) is 0 Å². The Bertz CT molecular complexity index is 2790. The quantitative estimate of drug-likeness (QED) is 0.0153. The van der Waals surface area contributed by atoms with Gasteiger partial charge in [0.05, 0.1) is 6.04 Å². The molecule has 0 aromatic carbocycles. The number of hydrogen-bond acceptors (Lipinski definition) is 20. The van der Waals surface area contributed by atoms with Crippen molar-refractivity contribution in [2.45, 2.75) is 202 Å². The standard InChI is InChI=1S/C57H109N29O13/c58-23-3-1-11-31(60)43(89)78-32(13-5-25-73-53(63)64)44(90)79-34(15-7-27-75-55(67)68)46(92)82-36(19-21-41(61)87)48(94)81-33(14-6-26-74-54(65)66)45(91)80-35(16-8-28-76-56(69)70)47(93)84-38(17-9-29-77-57(71)72)51(97)86-30-10-18-40(86)50(96)83-37(20-22-42(62)88)49(95)85-39(52(98)99)12-2-4-24-59/h31-40H,1-30,58-60H2,(H2,61,87)(H2,62,88)(H,78,89)(H,79,90)(H,80,91)(H,81,94)(H,82,92)(H,83,96)(H,84,93)(H,85,95)(H,98,99)(H4,63,64,73)(H4,65,66,74)(H4,67,68,75)(H4,69,70,76)(H4,71,72,77)/t31-,32-,33-,34-,35-,36-,37-,38-,39-,40-/m0/s1. The summed E-state index contributed by atoms with van der Waals surface area (Å²) in [6.07, 6.45) is 0.0948. The second-order valence-corrected chi connectivity index (χ2v) is 23.4. The van der Waals surface area contributed by atoms with Crippen LogP contribution in [0.2, 0.25) is 0 Å². The lowest BCUT2D eigenvalue weighted by Crippen LogP contribution is -2.60. The zero-order valence-corrected chi connectivity index (χ0v) is 56.2. The van der Waals surface area contributed by atoms with E-state index >= 15 is 0 Å². The van der Waals surface area contributed by atoms with Crippen LogP contribution in [0.5, 0.6) is 0 Å². The summed E-state index contributed by atoms with van der Waals surface area (Å²) in [4.78, 5) is 186. The molecule has 560 valence electrons. The molecule has 0 unspecified atom stereocenters. The molecule has 0 aliphatic carbocycles. The molecule has 1 saturated heterocycles. The number of hydrogen-bond donors (Lipinski definition) is 24. The largest absolute Gasteiger partial charge is 0.480 e. The maximum absolute atomic E-state index is 14.8. The van der Waals surface area contributed by atoms with Crippen LogP contribution in [-0.4, -0.2) is 224 Å². The number of nitrogens with zero attached hydrogens (tertiary/aromatic N) is 6. The lowest BCUT2D eigenvalue weighted by Gasteiger charge is -2.31. The fourth-order valence-electron chi connectivity index (χ4n) is 10.0. The molecule has 0 saturated carbocycles. The summed E-state index contributed by atoms with van der Waals surface area (Å²) >= 11 is 0. The average molecular weight is 1410 g/mol. The highest BCUT2D eigenvalue weighted by Crippen LogP contribution is 2.21. The van der Waals surface area contributed by atoms with Crippen LogP contribution in [0.25, 0.3) is 0 Å². The minimum Gasteiger partial charge on any atom is -0.480 e. The fraction of sp³-hybridized carbons (Fsp3) is 0.702. The van der Waals surface area contributed by atoms with Crippen molar-refractivity contribution in [1.29, 1.82) is 0 Å². The van der Waals surface area contributed by atoms with E-state index in [4.69, 9.17) is 86.0 Å². The van der Waals surface area contributed by atoms with Crippen molar-refractivity contribution < 1.29 is 62.6 Å². The summed E-state index contributed by atoms with van der Waals surface area (Å²) in [7, 11) is 0. The van der Waals surface area contributed by atoms with Gasteiger partial charge in [0.25, 0.3) is 0 Å². The molecule has 1 aliphatic heterocycles. The molecule has 1 heterocycles. The van der Waals surface area contributed by atoms with Gasteiger partial charge in [-0.3, -0.25) is 77.7 Å². The van der Waals surface area contributed by atoms with Crippen molar-refractivity contribution in [3.63, 3.8) is 0 Å². The van der Waals surface area contributed by atoms with Gasteiger partial charge in [0.1, 0.15) is 54.4 Å². The molecule has 10 atom stereocenters. The summed E-state index contributed by atoms with van der Waals surface area (Å²) in [6.45, 7) is 0.374. The van der Waals surface area contributed by atoms with Crippen molar-refractivity contribution >= 4 is 101 Å².